The van der Waals surface area contributed by atoms with E-state index in [9.17, 15) is 19.5 Å². The molecule has 1 N–H and O–H groups in total. The van der Waals surface area contributed by atoms with Gasteiger partial charge in [0.2, 0.25) is 0 Å². The van der Waals surface area contributed by atoms with Gasteiger partial charge in [-0.1, -0.05) is 70.2 Å². The number of ketones is 2. The molecule has 0 bridgehead atoms. The predicted octanol–water partition coefficient (Wildman–Crippen LogP) is 7.21. The number of nitrogens with zero attached hydrogens (tertiary/aromatic N) is 1. The number of hydrogen-bond donors (Lipinski definition) is 1. The van der Waals surface area contributed by atoms with E-state index >= 15 is 0 Å². The lowest BCUT2D eigenvalue weighted by molar-refractivity contribution is -0.139. The number of benzene rings is 2. The summed E-state index contributed by atoms with van der Waals surface area (Å²) in [6.07, 6.45) is 5.16. The second-order valence-corrected chi connectivity index (χ2v) is 14.0. The maximum Gasteiger partial charge on any atom is 0.341 e. The minimum atomic E-state index is -1.09. The molecule has 2 aromatic carbocycles. The SMILES string of the molecule is C=CCc1cc(C2C3=C(CC(C)(C)CC3=O)N(CCc3ccccc3)C3=C2C(=O)CC(C)(C)C3)cc(OCC)c1OCC(=O)O. The third-order valence-electron chi connectivity index (χ3n) is 8.98. The van der Waals surface area contributed by atoms with Crippen LogP contribution in [0.15, 0.2) is 77.7 Å². The summed E-state index contributed by atoms with van der Waals surface area (Å²) in [7, 11) is 0. The van der Waals surface area contributed by atoms with Gasteiger partial charge in [-0.3, -0.25) is 9.59 Å². The van der Waals surface area contributed by atoms with E-state index < -0.39 is 18.5 Å². The van der Waals surface area contributed by atoms with Crippen LogP contribution in [0.1, 0.15) is 82.9 Å². The fraction of sp³-hybridized carbons (Fsp3) is 0.447. The van der Waals surface area contributed by atoms with Gasteiger partial charge in [-0.25, -0.2) is 4.79 Å². The van der Waals surface area contributed by atoms with Crippen LogP contribution in [0.5, 0.6) is 11.5 Å². The predicted molar refractivity (Wildman–Crippen MR) is 174 cm³/mol. The third kappa shape index (κ3) is 6.77. The first kappa shape index (κ1) is 32.3. The highest BCUT2D eigenvalue weighted by Gasteiger charge is 2.49. The van der Waals surface area contributed by atoms with E-state index in [4.69, 9.17) is 9.47 Å². The fourth-order valence-electron chi connectivity index (χ4n) is 7.25. The minimum absolute atomic E-state index is 0.0644. The van der Waals surface area contributed by atoms with Crippen molar-refractivity contribution in [3.8, 4) is 11.5 Å². The maximum absolute atomic E-state index is 14.3. The number of rotatable bonds is 11. The highest BCUT2D eigenvalue weighted by molar-refractivity contribution is 6.07. The average Bonchev–Trinajstić information content (AvgIpc) is 2.94. The van der Waals surface area contributed by atoms with Gasteiger partial charge >= 0.3 is 5.97 Å². The first-order valence-electron chi connectivity index (χ1n) is 15.9. The van der Waals surface area contributed by atoms with Gasteiger partial charge in [0.05, 0.1) is 6.61 Å². The van der Waals surface area contributed by atoms with Crippen molar-refractivity contribution in [3.05, 3.63) is 94.4 Å². The number of Topliss-reactive ketones (excluding diaryl/α,β-unsaturated/α-hetero) is 2. The summed E-state index contributed by atoms with van der Waals surface area (Å²) in [5.41, 5.74) is 5.65. The average molecular weight is 612 g/mol. The van der Waals surface area contributed by atoms with E-state index in [0.717, 1.165) is 36.2 Å². The highest BCUT2D eigenvalue weighted by atomic mass is 16.5. The van der Waals surface area contributed by atoms with Crippen molar-refractivity contribution in [2.45, 2.75) is 79.1 Å². The molecule has 0 fully saturated rings. The molecule has 0 unspecified atom stereocenters. The van der Waals surface area contributed by atoms with E-state index in [1.807, 2.05) is 37.3 Å². The Bertz CT molecular complexity index is 1520. The third-order valence-corrected chi connectivity index (χ3v) is 8.98. The summed E-state index contributed by atoms with van der Waals surface area (Å²) < 4.78 is 11.8. The van der Waals surface area contributed by atoms with E-state index in [-0.39, 0.29) is 22.4 Å². The fourth-order valence-corrected chi connectivity index (χ4v) is 7.25. The molecule has 0 amide bonds. The first-order valence-corrected chi connectivity index (χ1v) is 15.9. The molecule has 0 spiro atoms. The lowest BCUT2D eigenvalue weighted by atomic mass is 9.63. The zero-order chi connectivity index (χ0) is 32.5. The standard InChI is InChI=1S/C38H45NO6/c1-7-12-25-17-26(18-31(44-8-2)36(25)45-23-32(42)43)33-34-27(19-37(3,4)21-29(34)40)39(16-15-24-13-10-9-11-14-24)28-20-38(5,6)22-30(41)35(28)33/h7,9-11,13-14,17-18,33H,1,8,12,15-16,19-23H2,2-6H3,(H,42,43). The molecule has 2 aliphatic carbocycles. The summed E-state index contributed by atoms with van der Waals surface area (Å²) in [5, 5.41) is 9.34. The minimum Gasteiger partial charge on any atom is -0.490 e. The van der Waals surface area contributed by atoms with Gasteiger partial charge in [-0.2, -0.15) is 0 Å². The van der Waals surface area contributed by atoms with E-state index in [2.05, 4.69) is 51.3 Å². The van der Waals surface area contributed by atoms with Gasteiger partial charge in [-0.05, 0) is 60.6 Å². The number of carbonyl (C=O) groups excluding carboxylic acids is 2. The van der Waals surface area contributed by atoms with Crippen molar-refractivity contribution in [2.24, 2.45) is 10.8 Å². The van der Waals surface area contributed by atoms with Gasteiger partial charge in [-0.15, -0.1) is 6.58 Å². The molecule has 1 heterocycles. The van der Waals surface area contributed by atoms with E-state index in [1.165, 1.54) is 5.56 Å². The maximum atomic E-state index is 14.3. The van der Waals surface area contributed by atoms with Gasteiger partial charge < -0.3 is 19.5 Å². The number of carbonyl (C=O) groups is 3. The first-order chi connectivity index (χ1) is 21.3. The highest BCUT2D eigenvalue weighted by Crippen LogP contribution is 2.55. The van der Waals surface area contributed by atoms with Crippen LogP contribution in [-0.4, -0.2) is 47.3 Å². The van der Waals surface area contributed by atoms with Crippen molar-refractivity contribution in [3.63, 3.8) is 0 Å². The Morgan fingerprint density at radius 1 is 0.956 bits per heavy atom. The monoisotopic (exact) mass is 611 g/mol. The molecule has 45 heavy (non-hydrogen) atoms. The smallest absolute Gasteiger partial charge is 0.341 e. The molecular formula is C38H45NO6. The summed E-state index contributed by atoms with van der Waals surface area (Å²) in [6, 6.07) is 14.1. The van der Waals surface area contributed by atoms with Crippen LogP contribution in [-0.2, 0) is 27.2 Å². The second-order valence-electron chi connectivity index (χ2n) is 14.0. The van der Waals surface area contributed by atoms with Crippen molar-refractivity contribution in [1.82, 2.24) is 4.90 Å². The molecule has 0 radical (unpaired) electrons. The van der Waals surface area contributed by atoms with E-state index in [1.54, 1.807) is 6.08 Å². The van der Waals surface area contributed by atoms with Crippen LogP contribution in [0, 0.1) is 10.8 Å². The molecular weight excluding hydrogens is 566 g/mol. The Morgan fingerprint density at radius 2 is 1.56 bits per heavy atom. The number of carboxylic acids is 1. The summed E-state index contributed by atoms with van der Waals surface area (Å²) in [4.78, 5) is 42.3. The number of ether oxygens (including phenoxy) is 2. The molecule has 0 saturated carbocycles. The van der Waals surface area contributed by atoms with E-state index in [0.29, 0.717) is 60.6 Å². The molecule has 238 valence electrons. The number of aliphatic carboxylic acids is 1. The van der Waals surface area contributed by atoms with Gasteiger partial charge in [0.1, 0.15) is 0 Å². The van der Waals surface area contributed by atoms with Crippen molar-refractivity contribution < 1.29 is 29.0 Å². The van der Waals surface area contributed by atoms with Gasteiger partial charge in [0, 0.05) is 53.4 Å². The Morgan fingerprint density at radius 3 is 2.09 bits per heavy atom. The van der Waals surface area contributed by atoms with Gasteiger partial charge in [0.25, 0.3) is 0 Å². The molecule has 0 atom stereocenters. The summed E-state index contributed by atoms with van der Waals surface area (Å²) in [6.45, 7) is 14.8. The Balaban J connectivity index is 1.74. The van der Waals surface area contributed by atoms with Crippen molar-refractivity contribution in [1.29, 1.82) is 0 Å². The molecule has 5 rings (SSSR count). The molecule has 7 nitrogen and oxygen atoms in total. The molecule has 0 saturated heterocycles. The van der Waals surface area contributed by atoms with Crippen molar-refractivity contribution in [2.75, 3.05) is 19.8 Å². The molecule has 0 aromatic heterocycles. The molecule has 3 aliphatic rings. The zero-order valence-corrected chi connectivity index (χ0v) is 27.2. The molecule has 7 heteroatoms. The Labute approximate surface area is 266 Å². The largest absolute Gasteiger partial charge is 0.490 e. The van der Waals surface area contributed by atoms with Crippen LogP contribution >= 0.6 is 0 Å². The quantitative estimate of drug-likeness (QED) is 0.269. The van der Waals surface area contributed by atoms with Crippen LogP contribution in [0.3, 0.4) is 0 Å². The van der Waals surface area contributed by atoms with Crippen LogP contribution in [0.4, 0.5) is 0 Å². The summed E-state index contributed by atoms with van der Waals surface area (Å²) in [5.74, 6) is -0.769. The number of hydrogen-bond acceptors (Lipinski definition) is 6. The number of allylic oxidation sites excluding steroid dienone is 5. The normalized spacial score (nSPS) is 19.3. The zero-order valence-electron chi connectivity index (χ0n) is 27.2. The van der Waals surface area contributed by atoms with Crippen LogP contribution < -0.4 is 9.47 Å². The Hall–Kier alpha value is -4.13. The number of carboxylic acid groups (broad SMARTS) is 1. The van der Waals surface area contributed by atoms with Crippen LogP contribution in [0.2, 0.25) is 0 Å². The van der Waals surface area contributed by atoms with Gasteiger partial charge in [0.15, 0.2) is 29.7 Å². The second kappa shape index (κ2) is 12.7. The lowest BCUT2D eigenvalue weighted by Gasteiger charge is -2.49. The topological polar surface area (TPSA) is 93.1 Å². The lowest BCUT2D eigenvalue weighted by Crippen LogP contribution is -2.45. The molecule has 2 aromatic rings. The van der Waals surface area contributed by atoms with Crippen molar-refractivity contribution >= 4 is 17.5 Å². The Kier molecular flexibility index (Phi) is 9.11. The summed E-state index contributed by atoms with van der Waals surface area (Å²) >= 11 is 0. The van der Waals surface area contributed by atoms with Crippen LogP contribution in [0.25, 0.3) is 0 Å². The molecule has 1 aliphatic heterocycles.